The van der Waals surface area contributed by atoms with Gasteiger partial charge < -0.3 is 10.2 Å². The van der Waals surface area contributed by atoms with Crippen molar-refractivity contribution in [3.05, 3.63) is 47.7 Å². The van der Waals surface area contributed by atoms with Crippen LogP contribution >= 0.6 is 0 Å². The lowest BCUT2D eigenvalue weighted by Crippen LogP contribution is -2.42. The molecule has 2 aromatic rings. The van der Waals surface area contributed by atoms with Gasteiger partial charge in [0.25, 0.3) is 0 Å². The van der Waals surface area contributed by atoms with E-state index in [1.54, 1.807) is 0 Å². The van der Waals surface area contributed by atoms with Crippen molar-refractivity contribution in [2.75, 3.05) is 18.0 Å². The second-order valence-corrected chi connectivity index (χ2v) is 6.53. The summed E-state index contributed by atoms with van der Waals surface area (Å²) in [5.41, 5.74) is 2.37. The molecule has 1 N–H and O–H groups in total. The standard InChI is InChI=1S/C19H27N5/c1-3-4-18-22-15(2)13-19(23-18)24-11-7-17(8-12-24)21-14-16-5-9-20-10-6-16/h5-6,9-10,13,17,21H,3-4,7-8,11-12,14H2,1-2H3. The van der Waals surface area contributed by atoms with Crippen molar-refractivity contribution in [2.24, 2.45) is 0 Å². The van der Waals surface area contributed by atoms with Gasteiger partial charge in [0.15, 0.2) is 0 Å². The van der Waals surface area contributed by atoms with Crippen molar-refractivity contribution < 1.29 is 0 Å². The number of nitrogens with zero attached hydrogens (tertiary/aromatic N) is 4. The third-order valence-electron chi connectivity index (χ3n) is 4.52. The molecule has 1 aliphatic rings. The predicted molar refractivity (Wildman–Crippen MR) is 97.1 cm³/mol. The summed E-state index contributed by atoms with van der Waals surface area (Å²) < 4.78 is 0. The summed E-state index contributed by atoms with van der Waals surface area (Å²) in [5, 5.41) is 3.67. The lowest BCUT2D eigenvalue weighted by Gasteiger charge is -2.33. The maximum absolute atomic E-state index is 4.75. The van der Waals surface area contributed by atoms with E-state index < -0.39 is 0 Å². The Bertz CT molecular complexity index is 635. The molecule has 0 saturated carbocycles. The molecule has 1 aliphatic heterocycles. The van der Waals surface area contributed by atoms with E-state index >= 15 is 0 Å². The molecule has 3 rings (SSSR count). The molecule has 1 fully saturated rings. The fourth-order valence-corrected chi connectivity index (χ4v) is 3.19. The van der Waals surface area contributed by atoms with Crippen LogP contribution in [0, 0.1) is 6.92 Å². The number of pyridine rings is 1. The fourth-order valence-electron chi connectivity index (χ4n) is 3.19. The van der Waals surface area contributed by atoms with Crippen LogP contribution < -0.4 is 10.2 Å². The van der Waals surface area contributed by atoms with Crippen molar-refractivity contribution in [1.29, 1.82) is 0 Å². The average molecular weight is 325 g/mol. The number of hydrogen-bond acceptors (Lipinski definition) is 5. The van der Waals surface area contributed by atoms with Crippen molar-refractivity contribution in [2.45, 2.75) is 52.1 Å². The van der Waals surface area contributed by atoms with E-state index in [4.69, 9.17) is 4.98 Å². The highest BCUT2D eigenvalue weighted by atomic mass is 15.2. The van der Waals surface area contributed by atoms with Gasteiger partial charge in [-0.1, -0.05) is 6.92 Å². The molecule has 0 bridgehead atoms. The smallest absolute Gasteiger partial charge is 0.132 e. The van der Waals surface area contributed by atoms with Gasteiger partial charge in [-0.25, -0.2) is 9.97 Å². The summed E-state index contributed by atoms with van der Waals surface area (Å²) in [4.78, 5) is 15.8. The van der Waals surface area contributed by atoms with E-state index in [0.717, 1.165) is 62.7 Å². The number of aryl methyl sites for hydroxylation is 2. The van der Waals surface area contributed by atoms with Crippen molar-refractivity contribution in [3.8, 4) is 0 Å². The summed E-state index contributed by atoms with van der Waals surface area (Å²) in [6.07, 6.45) is 8.05. The van der Waals surface area contributed by atoms with Crippen LogP contribution in [0.3, 0.4) is 0 Å². The van der Waals surface area contributed by atoms with Gasteiger partial charge in [-0.05, 0) is 43.9 Å². The number of nitrogens with one attached hydrogen (secondary N) is 1. The third kappa shape index (κ3) is 4.51. The Hall–Kier alpha value is -2.01. The zero-order chi connectivity index (χ0) is 16.8. The molecule has 0 spiro atoms. The number of anilines is 1. The molecule has 1 saturated heterocycles. The first kappa shape index (κ1) is 16.8. The van der Waals surface area contributed by atoms with Crippen LogP contribution in [0.4, 0.5) is 5.82 Å². The Labute approximate surface area is 144 Å². The van der Waals surface area contributed by atoms with Crippen LogP contribution in [-0.4, -0.2) is 34.1 Å². The summed E-state index contributed by atoms with van der Waals surface area (Å²) in [6.45, 7) is 7.26. The van der Waals surface area contributed by atoms with Gasteiger partial charge >= 0.3 is 0 Å². The van der Waals surface area contributed by atoms with Crippen LogP contribution in [-0.2, 0) is 13.0 Å². The monoisotopic (exact) mass is 325 g/mol. The second kappa shape index (κ2) is 8.20. The maximum atomic E-state index is 4.75. The Morgan fingerprint density at radius 3 is 2.62 bits per heavy atom. The van der Waals surface area contributed by atoms with E-state index in [-0.39, 0.29) is 0 Å². The number of hydrogen-bond donors (Lipinski definition) is 1. The molecule has 3 heterocycles. The summed E-state index contributed by atoms with van der Waals surface area (Å²) in [5.74, 6) is 2.07. The SMILES string of the molecule is CCCc1nc(C)cc(N2CCC(NCc3ccncc3)CC2)n1. The zero-order valence-electron chi connectivity index (χ0n) is 14.7. The van der Waals surface area contributed by atoms with Gasteiger partial charge in [0, 0.05) is 56.3 Å². The first-order chi connectivity index (χ1) is 11.7. The molecule has 0 aromatic carbocycles. The van der Waals surface area contributed by atoms with Crippen LogP contribution in [0.2, 0.25) is 0 Å². The normalized spacial score (nSPS) is 15.7. The van der Waals surface area contributed by atoms with Crippen molar-refractivity contribution >= 4 is 5.82 Å². The van der Waals surface area contributed by atoms with Gasteiger partial charge in [-0.2, -0.15) is 0 Å². The van der Waals surface area contributed by atoms with E-state index in [1.807, 2.05) is 12.4 Å². The average Bonchev–Trinajstić information content (AvgIpc) is 2.61. The molecule has 0 amide bonds. The Kier molecular flexibility index (Phi) is 5.75. The van der Waals surface area contributed by atoms with Crippen molar-refractivity contribution in [3.63, 3.8) is 0 Å². The Morgan fingerprint density at radius 2 is 1.92 bits per heavy atom. The first-order valence-corrected chi connectivity index (χ1v) is 8.96. The minimum atomic E-state index is 0.576. The minimum Gasteiger partial charge on any atom is -0.356 e. The van der Waals surface area contributed by atoms with Crippen molar-refractivity contribution in [1.82, 2.24) is 20.3 Å². The molecule has 0 unspecified atom stereocenters. The number of rotatable bonds is 6. The maximum Gasteiger partial charge on any atom is 0.132 e. The van der Waals surface area contributed by atoms with E-state index in [9.17, 15) is 0 Å². The second-order valence-electron chi connectivity index (χ2n) is 6.53. The Balaban J connectivity index is 1.53. The summed E-state index contributed by atoms with van der Waals surface area (Å²) in [6, 6.07) is 6.83. The van der Waals surface area contributed by atoms with E-state index in [0.29, 0.717) is 6.04 Å². The fraction of sp³-hybridized carbons (Fsp3) is 0.526. The van der Waals surface area contributed by atoms with Gasteiger partial charge in [-0.15, -0.1) is 0 Å². The lowest BCUT2D eigenvalue weighted by molar-refractivity contribution is 0.412. The van der Waals surface area contributed by atoms with Gasteiger partial charge in [0.1, 0.15) is 11.6 Å². The van der Waals surface area contributed by atoms with Crippen LogP contribution in [0.25, 0.3) is 0 Å². The number of piperidine rings is 1. The zero-order valence-corrected chi connectivity index (χ0v) is 14.7. The highest BCUT2D eigenvalue weighted by molar-refractivity contribution is 5.40. The predicted octanol–water partition coefficient (Wildman–Crippen LogP) is 2.89. The highest BCUT2D eigenvalue weighted by Gasteiger charge is 2.20. The molecule has 24 heavy (non-hydrogen) atoms. The molecule has 0 radical (unpaired) electrons. The third-order valence-corrected chi connectivity index (χ3v) is 4.52. The summed E-state index contributed by atoms with van der Waals surface area (Å²) in [7, 11) is 0. The first-order valence-electron chi connectivity index (χ1n) is 8.96. The molecule has 5 heteroatoms. The van der Waals surface area contributed by atoms with Crippen LogP contribution in [0.15, 0.2) is 30.6 Å². The molecule has 2 aromatic heterocycles. The van der Waals surface area contributed by atoms with Gasteiger partial charge in [0.05, 0.1) is 0 Å². The molecule has 128 valence electrons. The van der Waals surface area contributed by atoms with Gasteiger partial charge in [0.2, 0.25) is 0 Å². The molecule has 0 aliphatic carbocycles. The van der Waals surface area contributed by atoms with Crippen LogP contribution in [0.5, 0.6) is 0 Å². The topological polar surface area (TPSA) is 53.9 Å². The van der Waals surface area contributed by atoms with E-state index in [2.05, 4.69) is 52.2 Å². The largest absolute Gasteiger partial charge is 0.356 e. The minimum absolute atomic E-state index is 0.576. The summed E-state index contributed by atoms with van der Waals surface area (Å²) >= 11 is 0. The van der Waals surface area contributed by atoms with E-state index in [1.165, 1.54) is 5.56 Å². The molecular formula is C19H27N5. The number of aromatic nitrogens is 3. The van der Waals surface area contributed by atoms with Crippen LogP contribution in [0.1, 0.15) is 43.3 Å². The molecule has 5 nitrogen and oxygen atoms in total. The molecule has 0 atom stereocenters. The van der Waals surface area contributed by atoms with Gasteiger partial charge in [-0.3, -0.25) is 4.98 Å². The quantitative estimate of drug-likeness (QED) is 0.885. The Morgan fingerprint density at radius 1 is 1.17 bits per heavy atom. The lowest BCUT2D eigenvalue weighted by atomic mass is 10.0. The molecular weight excluding hydrogens is 298 g/mol. The highest BCUT2D eigenvalue weighted by Crippen LogP contribution is 2.19.